The van der Waals surface area contributed by atoms with Gasteiger partial charge in [-0.05, 0) is 23.5 Å². The average Bonchev–Trinajstić information content (AvgIpc) is 3.12. The van der Waals surface area contributed by atoms with Crippen LogP contribution in [0.5, 0.6) is 0 Å². The molecule has 1 N–H and O–H groups in total. The topological polar surface area (TPSA) is 41.0 Å². The van der Waals surface area contributed by atoms with Gasteiger partial charge < -0.3 is 5.32 Å². The maximum atomic E-state index is 12.8. The molecule has 0 unspecified atom stereocenters. The number of nitrogens with one attached hydrogen (secondary N) is 1. The summed E-state index contributed by atoms with van der Waals surface area (Å²) in [5.41, 5.74) is 1.31. The quantitative estimate of drug-likeness (QED) is 0.521. The Hall–Kier alpha value is -2.19. The lowest BCUT2D eigenvalue weighted by Gasteiger charge is -2.43. The highest BCUT2D eigenvalue weighted by molar-refractivity contribution is 7.18. The van der Waals surface area contributed by atoms with Crippen molar-refractivity contribution in [3.05, 3.63) is 53.2 Å². The van der Waals surface area contributed by atoms with E-state index in [0.29, 0.717) is 27.9 Å². The van der Waals surface area contributed by atoms with Crippen molar-refractivity contribution in [1.29, 1.82) is 0 Å². The summed E-state index contributed by atoms with van der Waals surface area (Å²) in [5, 5.41) is 4.26. The molecule has 31 heavy (non-hydrogen) atoms. The number of benzene rings is 1. The highest BCUT2D eigenvalue weighted by Gasteiger charge is 2.34. The van der Waals surface area contributed by atoms with Gasteiger partial charge in [0.05, 0.1) is 11.8 Å². The first-order chi connectivity index (χ1) is 14.8. The molecule has 0 bridgehead atoms. The van der Waals surface area contributed by atoms with E-state index in [2.05, 4.69) is 58.3 Å². The lowest BCUT2D eigenvalue weighted by molar-refractivity contribution is -0.126. The molecule has 0 saturated carbocycles. The van der Waals surface area contributed by atoms with Crippen LogP contribution in [0, 0.1) is 11.8 Å². The summed E-state index contributed by atoms with van der Waals surface area (Å²) in [5.74, 6) is 1.44. The molecule has 1 aliphatic rings. The largest absolute Gasteiger partial charge is 0.393 e. The van der Waals surface area contributed by atoms with E-state index < -0.39 is 12.6 Å². The molecule has 1 aliphatic heterocycles. The number of halogens is 3. The molecule has 0 radical (unpaired) electrons. The maximum absolute atomic E-state index is 12.8. The molecule has 8 heteroatoms. The smallest absolute Gasteiger partial charge is 0.366 e. The molecule has 1 fully saturated rings. The molecule has 3 atom stereocenters. The minimum absolute atomic E-state index is 0.209. The van der Waals surface area contributed by atoms with E-state index >= 15 is 0 Å². The number of hydrogen-bond acceptors (Lipinski definition) is 5. The van der Waals surface area contributed by atoms with Gasteiger partial charge in [-0.3, -0.25) is 4.90 Å². The molecule has 4 nitrogen and oxygen atoms in total. The summed E-state index contributed by atoms with van der Waals surface area (Å²) in [7, 11) is 0. The van der Waals surface area contributed by atoms with Crippen LogP contribution in [0.3, 0.4) is 0 Å². The zero-order chi connectivity index (χ0) is 22.0. The average molecular weight is 449 g/mol. The third kappa shape index (κ3) is 5.36. The highest BCUT2D eigenvalue weighted by Crippen LogP contribution is 2.35. The Morgan fingerprint density at radius 2 is 1.94 bits per heavy atom. The van der Waals surface area contributed by atoms with Gasteiger partial charge in [0.2, 0.25) is 0 Å². The summed E-state index contributed by atoms with van der Waals surface area (Å²) in [6, 6.07) is 12.3. The molecule has 4 rings (SSSR count). The summed E-state index contributed by atoms with van der Waals surface area (Å²) >= 11 is 1.09. The second-order valence-electron chi connectivity index (χ2n) is 8.44. The second-order valence-corrected chi connectivity index (χ2v) is 9.56. The number of fused-ring (bicyclic) bond motifs is 1. The number of rotatable bonds is 6. The lowest BCUT2D eigenvalue weighted by Crippen LogP contribution is -2.51. The number of anilines is 1. The van der Waals surface area contributed by atoms with E-state index in [1.165, 1.54) is 11.9 Å². The molecule has 1 aromatic carbocycles. The van der Waals surface area contributed by atoms with Crippen molar-refractivity contribution >= 4 is 27.4 Å². The van der Waals surface area contributed by atoms with Crippen molar-refractivity contribution < 1.29 is 13.2 Å². The number of likely N-dealkylation sites (tertiary alicyclic amines) is 1. The summed E-state index contributed by atoms with van der Waals surface area (Å²) in [6.07, 6.45) is -2.70. The third-order valence-corrected chi connectivity index (χ3v) is 7.03. The molecule has 166 valence electrons. The summed E-state index contributed by atoms with van der Waals surface area (Å²) < 4.78 is 38.5. The zero-order valence-corrected chi connectivity index (χ0v) is 18.5. The van der Waals surface area contributed by atoms with Gasteiger partial charge in [0.15, 0.2) is 0 Å². The van der Waals surface area contributed by atoms with Gasteiger partial charge in [0.1, 0.15) is 17.0 Å². The van der Waals surface area contributed by atoms with Gasteiger partial charge in [0.25, 0.3) is 0 Å². The number of thiophene rings is 1. The molecule has 3 aromatic rings. The Bertz CT molecular complexity index is 1000. The predicted molar refractivity (Wildman–Crippen MR) is 119 cm³/mol. The van der Waals surface area contributed by atoms with Crippen molar-refractivity contribution in [1.82, 2.24) is 14.9 Å². The molecular formula is C23H27F3N4S. The van der Waals surface area contributed by atoms with Gasteiger partial charge >= 0.3 is 6.18 Å². The van der Waals surface area contributed by atoms with Gasteiger partial charge in [0, 0.05) is 30.6 Å². The van der Waals surface area contributed by atoms with Crippen molar-refractivity contribution in [2.75, 3.05) is 18.4 Å². The van der Waals surface area contributed by atoms with Crippen LogP contribution in [-0.4, -0.2) is 40.2 Å². The monoisotopic (exact) mass is 448 g/mol. The van der Waals surface area contributed by atoms with Gasteiger partial charge in [-0.15, -0.1) is 11.3 Å². The Kier molecular flexibility index (Phi) is 6.48. The van der Waals surface area contributed by atoms with Gasteiger partial charge in [-0.1, -0.05) is 50.6 Å². The first-order valence-corrected chi connectivity index (χ1v) is 11.5. The Labute approximate surface area is 184 Å². The zero-order valence-electron chi connectivity index (χ0n) is 17.7. The Morgan fingerprint density at radius 1 is 1.16 bits per heavy atom. The molecule has 2 aromatic heterocycles. The van der Waals surface area contributed by atoms with Crippen LogP contribution in [0.25, 0.3) is 10.2 Å². The fraction of sp³-hybridized carbons (Fsp3) is 0.478. The molecule has 0 spiro atoms. The van der Waals surface area contributed by atoms with E-state index in [0.717, 1.165) is 37.4 Å². The number of nitrogens with zero attached hydrogens (tertiary/aromatic N) is 3. The first kappa shape index (κ1) is 22.0. The van der Waals surface area contributed by atoms with Gasteiger partial charge in [-0.25, -0.2) is 9.97 Å². The van der Waals surface area contributed by atoms with Crippen molar-refractivity contribution in [2.45, 2.75) is 45.5 Å². The van der Waals surface area contributed by atoms with Crippen LogP contribution in [0.4, 0.5) is 19.0 Å². The van der Waals surface area contributed by atoms with Crippen molar-refractivity contribution in [3.63, 3.8) is 0 Å². The molecule has 3 heterocycles. The summed E-state index contributed by atoms with van der Waals surface area (Å²) in [6.45, 7) is 7.29. The maximum Gasteiger partial charge on any atom is 0.393 e. The highest BCUT2D eigenvalue weighted by atomic mass is 32.1. The SMILES string of the molecule is CC[C@@H]1CN(Cc2ccccc2)C[C@H](C)[C@@H]1Nc1ncnc2sc(CC(F)(F)F)cc12. The van der Waals surface area contributed by atoms with Crippen molar-refractivity contribution in [3.8, 4) is 0 Å². The fourth-order valence-corrected chi connectivity index (χ4v) is 5.61. The number of piperidine rings is 1. The molecular weight excluding hydrogens is 421 g/mol. The van der Waals surface area contributed by atoms with E-state index in [9.17, 15) is 13.2 Å². The minimum atomic E-state index is -4.23. The van der Waals surface area contributed by atoms with Gasteiger partial charge in [-0.2, -0.15) is 13.2 Å². The van der Waals surface area contributed by atoms with E-state index in [1.54, 1.807) is 6.07 Å². The molecule has 0 amide bonds. The number of hydrogen-bond donors (Lipinski definition) is 1. The number of alkyl halides is 3. The van der Waals surface area contributed by atoms with Crippen LogP contribution < -0.4 is 5.32 Å². The molecule has 1 saturated heterocycles. The standard InChI is InChI=1S/C23H27F3N4S/c1-3-17-13-30(12-16-7-5-4-6-8-16)11-15(2)20(17)29-21-19-9-18(10-23(24,25)26)31-22(19)28-14-27-21/h4-9,14-15,17,20H,3,10-13H2,1-2H3,(H,27,28,29)/t15-,17+,20-/m0/s1. The summed E-state index contributed by atoms with van der Waals surface area (Å²) in [4.78, 5) is 11.9. The number of aromatic nitrogens is 2. The van der Waals surface area contributed by atoms with Crippen LogP contribution in [0.2, 0.25) is 0 Å². The predicted octanol–water partition coefficient (Wildman–Crippen LogP) is 5.75. The molecule has 0 aliphatic carbocycles. The Balaban J connectivity index is 1.51. The normalized spacial score (nSPS) is 22.7. The fourth-order valence-electron chi connectivity index (χ4n) is 4.58. The second kappa shape index (κ2) is 9.12. The van der Waals surface area contributed by atoms with E-state index in [4.69, 9.17) is 0 Å². The van der Waals surface area contributed by atoms with Crippen LogP contribution >= 0.6 is 11.3 Å². The minimum Gasteiger partial charge on any atom is -0.366 e. The lowest BCUT2D eigenvalue weighted by atomic mass is 9.82. The third-order valence-electron chi connectivity index (χ3n) is 5.99. The Morgan fingerprint density at radius 3 is 2.65 bits per heavy atom. The van der Waals surface area contributed by atoms with Crippen molar-refractivity contribution in [2.24, 2.45) is 11.8 Å². The van der Waals surface area contributed by atoms with Crippen LogP contribution in [0.1, 0.15) is 30.7 Å². The first-order valence-electron chi connectivity index (χ1n) is 10.7. The van der Waals surface area contributed by atoms with Crippen LogP contribution in [-0.2, 0) is 13.0 Å². The van der Waals surface area contributed by atoms with Crippen LogP contribution in [0.15, 0.2) is 42.7 Å². The van der Waals surface area contributed by atoms with E-state index in [-0.39, 0.29) is 10.9 Å². The van der Waals surface area contributed by atoms with E-state index in [1.807, 2.05) is 6.07 Å².